The van der Waals surface area contributed by atoms with Crippen molar-refractivity contribution in [3.8, 4) is 5.75 Å². The number of benzene rings is 2. The Morgan fingerprint density at radius 1 is 1.09 bits per heavy atom. The van der Waals surface area contributed by atoms with Crippen molar-refractivity contribution in [3.63, 3.8) is 0 Å². The number of carbonyl (C=O) groups is 2. The molecule has 6 heterocycles. The topological polar surface area (TPSA) is 108 Å². The Balaban J connectivity index is 1.32. The zero-order valence-corrected chi connectivity index (χ0v) is 30.7. The van der Waals surface area contributed by atoms with Crippen molar-refractivity contribution < 1.29 is 37.7 Å². The minimum atomic E-state index is -3.03. The number of rotatable bonds is 5. The summed E-state index contributed by atoms with van der Waals surface area (Å²) in [6, 6.07) is 11.4. The predicted octanol–water partition coefficient (Wildman–Crippen LogP) is 4.68. The highest BCUT2D eigenvalue weighted by molar-refractivity contribution is 5.94. The first-order valence-corrected chi connectivity index (χ1v) is 18.5. The van der Waals surface area contributed by atoms with E-state index in [0.29, 0.717) is 30.1 Å². The monoisotopic (exact) mass is 728 g/mol. The molecule has 0 amide bonds. The third-order valence-electron chi connectivity index (χ3n) is 13.4. The minimum absolute atomic E-state index is 0.0426. The molecular weight excluding hydrogens is 682 g/mol. The van der Waals surface area contributed by atoms with Crippen LogP contribution in [0.5, 0.6) is 5.75 Å². The number of hydrogen-bond donors (Lipinski definition) is 2. The Labute approximate surface area is 307 Å². The number of likely N-dealkylation sites (N-methyl/N-ethyl adjacent to an activating group) is 1. The average molecular weight is 729 g/mol. The van der Waals surface area contributed by atoms with Gasteiger partial charge in [0.05, 0.1) is 20.3 Å². The molecule has 0 radical (unpaired) electrons. The zero-order chi connectivity index (χ0) is 37.2. The van der Waals surface area contributed by atoms with Crippen LogP contribution in [0, 0.1) is 11.8 Å². The number of hydrogen-bond acceptors (Lipinski definition) is 9. The molecule has 53 heavy (non-hydrogen) atoms. The van der Waals surface area contributed by atoms with Gasteiger partial charge in [0, 0.05) is 104 Å². The molecule has 12 heteroatoms. The number of fused-ring (bicyclic) bond motifs is 6. The van der Waals surface area contributed by atoms with Crippen molar-refractivity contribution in [1.82, 2.24) is 14.8 Å². The molecule has 1 spiro atoms. The van der Waals surface area contributed by atoms with E-state index < -0.39 is 52.9 Å². The van der Waals surface area contributed by atoms with E-state index in [2.05, 4.69) is 37.9 Å². The smallest absolute Gasteiger partial charge is 0.322 e. The number of halogens is 2. The molecule has 3 aromatic rings. The highest BCUT2D eigenvalue weighted by atomic mass is 19.3. The largest absolute Gasteiger partial charge is 0.496 e. The van der Waals surface area contributed by atoms with Crippen molar-refractivity contribution in [2.45, 2.75) is 74.3 Å². The van der Waals surface area contributed by atoms with E-state index in [0.717, 1.165) is 54.2 Å². The Hall–Kier alpha value is -4.26. The molecular formula is C41H46F2N4O6. The number of alkyl halides is 2. The molecule has 6 aliphatic rings. The first kappa shape index (κ1) is 34.5. The van der Waals surface area contributed by atoms with Gasteiger partial charge in [-0.05, 0) is 48.6 Å². The molecule has 2 N–H and O–H groups in total. The van der Waals surface area contributed by atoms with Gasteiger partial charge in [0.2, 0.25) is 0 Å². The van der Waals surface area contributed by atoms with E-state index in [4.69, 9.17) is 14.2 Å². The summed E-state index contributed by atoms with van der Waals surface area (Å²) in [5.41, 5.74) is 2.80. The second kappa shape index (κ2) is 11.9. The van der Waals surface area contributed by atoms with Crippen molar-refractivity contribution in [1.29, 1.82) is 0 Å². The van der Waals surface area contributed by atoms with Gasteiger partial charge in [-0.25, -0.2) is 8.78 Å². The first-order chi connectivity index (χ1) is 25.3. The number of anilines is 1. The number of methoxy groups -OCH3 is 2. The highest BCUT2D eigenvalue weighted by Crippen LogP contribution is 2.62. The van der Waals surface area contributed by atoms with Crippen LogP contribution < -0.4 is 9.64 Å². The third kappa shape index (κ3) is 4.70. The first-order valence-electron chi connectivity index (χ1n) is 18.5. The number of para-hydroxylation sites is 1. The quantitative estimate of drug-likeness (QED) is 0.286. The number of nitrogens with one attached hydrogen (secondary N) is 1. The number of aliphatic hydroxyl groups is 1. The molecule has 2 fully saturated rings. The zero-order valence-electron chi connectivity index (χ0n) is 30.7. The van der Waals surface area contributed by atoms with Gasteiger partial charge >= 0.3 is 11.9 Å². The minimum Gasteiger partial charge on any atom is -0.496 e. The maximum atomic E-state index is 15.1. The van der Waals surface area contributed by atoms with Crippen LogP contribution in [0.15, 0.2) is 60.2 Å². The van der Waals surface area contributed by atoms with E-state index in [1.165, 1.54) is 14.0 Å². The molecule has 10 nitrogen and oxygen atoms in total. The van der Waals surface area contributed by atoms with Gasteiger partial charge in [-0.1, -0.05) is 36.4 Å². The number of H-pyrrole nitrogens is 1. The summed E-state index contributed by atoms with van der Waals surface area (Å²) < 4.78 is 48.1. The van der Waals surface area contributed by atoms with Crippen LogP contribution in [0.2, 0.25) is 0 Å². The van der Waals surface area contributed by atoms with E-state index >= 15 is 8.78 Å². The lowest BCUT2D eigenvalue weighted by atomic mass is 9.58. The summed E-state index contributed by atoms with van der Waals surface area (Å²) in [5.74, 6) is -4.18. The summed E-state index contributed by atoms with van der Waals surface area (Å²) >= 11 is 0. The molecule has 9 rings (SSSR count). The SMILES string of the molecule is COC(=O)[C@]1(c2cc3c(cc2OC)N(C)[C@H]2[C@H](O)C(OC(C)=O)C4C=CCN5CCC32C45)CC2C=C(C(C)(F)F)CN(Cc3c1[nH]c1ccccc31)C2. The summed E-state index contributed by atoms with van der Waals surface area (Å²) in [7, 11) is 4.92. The number of carbonyl (C=O) groups excluding carboxylic acids is 2. The lowest BCUT2D eigenvalue weighted by molar-refractivity contribution is -0.166. The van der Waals surface area contributed by atoms with Crippen LogP contribution >= 0.6 is 0 Å². The molecule has 280 valence electrons. The predicted molar refractivity (Wildman–Crippen MR) is 194 cm³/mol. The number of aromatic amines is 1. The van der Waals surface area contributed by atoms with Gasteiger partial charge in [-0.15, -0.1) is 0 Å². The van der Waals surface area contributed by atoms with E-state index in [9.17, 15) is 14.7 Å². The molecule has 5 aliphatic heterocycles. The third-order valence-corrected chi connectivity index (χ3v) is 13.4. The molecule has 1 aliphatic carbocycles. The molecule has 2 aromatic carbocycles. The molecule has 2 bridgehead atoms. The number of aromatic nitrogens is 1. The fourth-order valence-corrected chi connectivity index (χ4v) is 11.5. The standard InChI is InChI=1S/C41H46F2N4O6/c1-22(48)53-34-26-10-8-13-47-14-12-40(36(26)47)28-16-29(32(51-4)17-31(28)45(3)37(40)33(34)49)41(38(50)52-5)18-23-15-24(39(2,42)43)20-46(19-23)21-27-25-9-6-7-11-30(25)44-35(27)41/h6-11,15-17,23,26,33-34,36-37,44,49H,12-14,18-21H2,1-5H3/t23?,26?,33-,34?,36?,37+,40?,41+/m1/s1. The summed E-state index contributed by atoms with van der Waals surface area (Å²) in [6.07, 6.45) is 5.02. The Morgan fingerprint density at radius 3 is 2.62 bits per heavy atom. The number of ether oxygens (including phenoxy) is 3. The highest BCUT2D eigenvalue weighted by Gasteiger charge is 2.69. The lowest BCUT2D eigenvalue weighted by Gasteiger charge is -2.54. The van der Waals surface area contributed by atoms with E-state index in [1.807, 2.05) is 37.4 Å². The Kier molecular flexibility index (Phi) is 7.73. The average Bonchev–Trinajstić information content (AvgIpc) is 3.77. The van der Waals surface area contributed by atoms with Crippen molar-refractivity contribution >= 4 is 28.5 Å². The molecule has 1 saturated carbocycles. The second-order valence-corrected chi connectivity index (χ2v) is 16.1. The van der Waals surface area contributed by atoms with Crippen molar-refractivity contribution in [2.75, 3.05) is 52.3 Å². The number of esters is 2. The van der Waals surface area contributed by atoms with Crippen LogP contribution in [0.3, 0.4) is 0 Å². The molecule has 1 aromatic heterocycles. The van der Waals surface area contributed by atoms with Crippen LogP contribution in [0.1, 0.15) is 49.1 Å². The maximum absolute atomic E-state index is 15.1. The van der Waals surface area contributed by atoms with Crippen LogP contribution in [0.4, 0.5) is 14.5 Å². The molecule has 6 unspecified atom stereocenters. The van der Waals surface area contributed by atoms with Gasteiger partial charge in [0.1, 0.15) is 23.4 Å². The van der Waals surface area contributed by atoms with Gasteiger partial charge < -0.3 is 29.2 Å². The van der Waals surface area contributed by atoms with Crippen LogP contribution in [-0.2, 0) is 36.4 Å². The molecule has 1 saturated heterocycles. The summed E-state index contributed by atoms with van der Waals surface area (Å²) in [5, 5.41) is 13.1. The van der Waals surface area contributed by atoms with E-state index in [-0.39, 0.29) is 30.5 Å². The van der Waals surface area contributed by atoms with Gasteiger partial charge in [-0.2, -0.15) is 0 Å². The fraction of sp³-hybridized carbons (Fsp3) is 0.512. The van der Waals surface area contributed by atoms with Crippen LogP contribution in [-0.4, -0.2) is 109 Å². The summed E-state index contributed by atoms with van der Waals surface area (Å²) in [4.78, 5) is 37.6. The normalized spacial score (nSPS) is 34.3. The van der Waals surface area contributed by atoms with Gasteiger partial charge in [-0.3, -0.25) is 19.4 Å². The Bertz CT molecular complexity index is 2090. The number of aliphatic hydroxyl groups excluding tert-OH is 1. The fourth-order valence-electron chi connectivity index (χ4n) is 11.5. The van der Waals surface area contributed by atoms with Crippen molar-refractivity contribution in [3.05, 3.63) is 82.6 Å². The lowest BCUT2D eigenvalue weighted by Crippen LogP contribution is -2.69. The Morgan fingerprint density at radius 2 is 1.89 bits per heavy atom. The van der Waals surface area contributed by atoms with Crippen LogP contribution in [0.25, 0.3) is 10.9 Å². The number of nitrogens with zero attached hydrogens (tertiary/aromatic N) is 3. The summed E-state index contributed by atoms with van der Waals surface area (Å²) in [6.45, 7) is 4.82. The molecule has 9 atom stereocenters. The van der Waals surface area contributed by atoms with E-state index in [1.54, 1.807) is 13.2 Å². The second-order valence-electron chi connectivity index (χ2n) is 16.1. The van der Waals surface area contributed by atoms with Gasteiger partial charge in [0.15, 0.2) is 0 Å². The van der Waals surface area contributed by atoms with Crippen molar-refractivity contribution in [2.24, 2.45) is 11.8 Å². The van der Waals surface area contributed by atoms with Gasteiger partial charge in [0.25, 0.3) is 5.92 Å². The maximum Gasteiger partial charge on any atom is 0.322 e.